The number of hydrogen-bond acceptors (Lipinski definition) is 8. The Morgan fingerprint density at radius 3 is 0.898 bits per heavy atom. The standard InChI is InChI=1S/C84H34F12N12/c85-81(86,87)54-22-49(23-55(32-54)82(88,89)90)51-27-77(105-69-4-2-1-3-58(69)63-17-43(35-97)8-14-70(63)105)67(41-103)78(28-51)106-71-15-9-44(36-98)18-64(71)65-26-48(10-16-72(65)106)62-34-66-61-13-7-47(39-101)21-75(61)108(76(66)31-53(62)40-102)80-30-52(50-24-56(83(91,92)93)33-57(25-50)84(94,95)96)29-79(68(80)42-104)107-73-19-45(37-99)5-11-59(73)60-12-6-46(38-100)20-74(60)107/h1-34H. The normalized spacial score (nSPS) is 12.0. The van der Waals surface area contributed by atoms with Gasteiger partial charge in [0.05, 0.1) is 159 Å². The molecule has 0 aliphatic heterocycles. The van der Waals surface area contributed by atoms with Gasteiger partial charge in [0.15, 0.2) is 0 Å². The lowest BCUT2D eigenvalue weighted by Gasteiger charge is -2.20. The lowest BCUT2D eigenvalue weighted by molar-refractivity contribution is -0.144. The van der Waals surface area contributed by atoms with Crippen LogP contribution in [0.5, 0.6) is 0 Å². The number of aromatic nitrogens is 4. The van der Waals surface area contributed by atoms with Crippen LogP contribution < -0.4 is 0 Å². The van der Waals surface area contributed by atoms with Crippen molar-refractivity contribution in [2.24, 2.45) is 0 Å². The molecule has 0 bridgehead atoms. The highest BCUT2D eigenvalue weighted by Crippen LogP contribution is 2.49. The van der Waals surface area contributed by atoms with Crippen molar-refractivity contribution in [1.82, 2.24) is 18.3 Å². The van der Waals surface area contributed by atoms with Crippen molar-refractivity contribution in [1.29, 1.82) is 42.1 Å². The molecule has 24 heteroatoms. The molecule has 4 aromatic heterocycles. The number of benzene rings is 12. The number of halogens is 12. The van der Waals surface area contributed by atoms with Crippen molar-refractivity contribution < 1.29 is 52.7 Å². The van der Waals surface area contributed by atoms with E-state index in [0.29, 0.717) is 84.0 Å². The zero-order valence-electron chi connectivity index (χ0n) is 54.5. The van der Waals surface area contributed by atoms with Crippen LogP contribution in [0.25, 0.3) is 143 Å². The van der Waals surface area contributed by atoms with Crippen LogP contribution in [0.4, 0.5) is 52.7 Å². The van der Waals surface area contributed by atoms with Gasteiger partial charge < -0.3 is 18.3 Å². The smallest absolute Gasteiger partial charge is 0.308 e. The first kappa shape index (κ1) is 67.4. The van der Waals surface area contributed by atoms with Gasteiger partial charge in [-0.05, 0) is 192 Å². The zero-order valence-corrected chi connectivity index (χ0v) is 54.5. The summed E-state index contributed by atoms with van der Waals surface area (Å²) in [5, 5.41) is 89.6. The minimum atomic E-state index is -5.33. The fourth-order valence-electron chi connectivity index (χ4n) is 14.7. The van der Waals surface area contributed by atoms with E-state index in [9.17, 15) is 94.8 Å². The predicted octanol–water partition coefficient (Wildman–Crippen LogP) is 22.1. The second kappa shape index (κ2) is 24.3. The van der Waals surface area contributed by atoms with Crippen molar-refractivity contribution in [2.75, 3.05) is 0 Å². The summed E-state index contributed by atoms with van der Waals surface area (Å²) < 4.78 is 184. The molecule has 0 spiro atoms. The van der Waals surface area contributed by atoms with Crippen LogP contribution in [-0.4, -0.2) is 18.3 Å². The van der Waals surface area contributed by atoms with Gasteiger partial charge in [-0.25, -0.2) is 0 Å². The van der Waals surface area contributed by atoms with Crippen molar-refractivity contribution in [3.05, 3.63) is 273 Å². The summed E-state index contributed by atoms with van der Waals surface area (Å²) >= 11 is 0. The molecule has 0 aliphatic rings. The Bertz CT molecular complexity index is 6980. The van der Waals surface area contributed by atoms with Gasteiger partial charge >= 0.3 is 24.7 Å². The summed E-state index contributed by atoms with van der Waals surface area (Å²) in [5.41, 5.74) is -6.10. The Kier molecular flexibility index (Phi) is 15.2. The molecule has 0 aliphatic carbocycles. The zero-order chi connectivity index (χ0) is 75.9. The first-order valence-electron chi connectivity index (χ1n) is 32.2. The van der Waals surface area contributed by atoms with Gasteiger partial charge in [-0.2, -0.15) is 94.8 Å². The SMILES string of the molecule is N#Cc1ccc2c(c1)c1ccccc1n2-c1cc(-c2cc(C(F)(F)F)cc(C(F)(F)F)c2)cc(-n2c3ccc(C#N)cc3c3cc(-c4cc5c6ccc(C#N)cc6n(-c6cc(-c7cc(C(F)(F)F)cc(C(F)(F)F)c7)cc(-n7c8cc(C#N)ccc8c8ccc(C#N)cc87)c6C#N)c5cc4C#N)ccc32)c1C#N. The lowest BCUT2D eigenvalue weighted by Crippen LogP contribution is -2.11. The summed E-state index contributed by atoms with van der Waals surface area (Å²) in [6, 6.07) is 61.8. The molecule has 108 heavy (non-hydrogen) atoms. The molecule has 514 valence electrons. The van der Waals surface area contributed by atoms with E-state index in [4.69, 9.17) is 0 Å². The largest absolute Gasteiger partial charge is 0.416 e. The van der Waals surface area contributed by atoms with Gasteiger partial charge in [-0.3, -0.25) is 0 Å². The van der Waals surface area contributed by atoms with Crippen molar-refractivity contribution in [2.45, 2.75) is 24.7 Å². The Balaban J connectivity index is 0.975. The highest BCUT2D eigenvalue weighted by Gasteiger charge is 2.40. The maximum Gasteiger partial charge on any atom is 0.416 e. The van der Waals surface area contributed by atoms with Crippen LogP contribution in [0.2, 0.25) is 0 Å². The average molecular weight is 1440 g/mol. The van der Waals surface area contributed by atoms with Gasteiger partial charge in [-0.1, -0.05) is 42.5 Å². The Hall–Kier alpha value is -15.1. The predicted molar refractivity (Wildman–Crippen MR) is 378 cm³/mol. The summed E-state index contributed by atoms with van der Waals surface area (Å²) in [5.74, 6) is 0. The summed E-state index contributed by atoms with van der Waals surface area (Å²) in [4.78, 5) is 0. The van der Waals surface area contributed by atoms with Crippen molar-refractivity contribution >= 4 is 87.2 Å². The molecular weight excluding hydrogens is 1400 g/mol. The monoisotopic (exact) mass is 1440 g/mol. The van der Waals surface area contributed by atoms with E-state index in [1.807, 2.05) is 0 Å². The third-order valence-corrected chi connectivity index (χ3v) is 19.4. The number of alkyl halides is 12. The third kappa shape index (κ3) is 10.7. The van der Waals surface area contributed by atoms with Gasteiger partial charge in [0, 0.05) is 48.7 Å². The fraction of sp³-hybridized carbons (Fsp3) is 0.0476. The van der Waals surface area contributed by atoms with Crippen LogP contribution in [0.15, 0.2) is 206 Å². The topological polar surface area (TPSA) is 210 Å². The maximum atomic E-state index is 14.9. The fourth-order valence-corrected chi connectivity index (χ4v) is 14.7. The minimum Gasteiger partial charge on any atom is -0.308 e. The highest BCUT2D eigenvalue weighted by molar-refractivity contribution is 6.16. The van der Waals surface area contributed by atoms with Gasteiger partial charge in [0.1, 0.15) is 23.3 Å². The van der Waals surface area contributed by atoms with Crippen LogP contribution in [0.3, 0.4) is 0 Å². The minimum absolute atomic E-state index is 0.00751. The molecule has 16 aromatic rings. The van der Waals surface area contributed by atoms with Crippen molar-refractivity contribution in [3.8, 4) is 105 Å². The molecule has 0 amide bonds. The Morgan fingerprint density at radius 1 is 0.222 bits per heavy atom. The second-order valence-corrected chi connectivity index (χ2v) is 25.4. The number of hydrogen-bond donors (Lipinski definition) is 0. The first-order chi connectivity index (χ1) is 51.7. The van der Waals surface area contributed by atoms with Crippen LogP contribution in [-0.2, 0) is 24.7 Å². The molecule has 0 atom stereocenters. The molecule has 0 radical (unpaired) electrons. The third-order valence-electron chi connectivity index (χ3n) is 19.4. The highest BCUT2D eigenvalue weighted by atomic mass is 19.4. The van der Waals surface area contributed by atoms with E-state index in [1.54, 1.807) is 94.1 Å². The Labute approximate surface area is 599 Å². The van der Waals surface area contributed by atoms with E-state index in [-0.39, 0.29) is 129 Å². The quantitative estimate of drug-likeness (QED) is 0.140. The first-order valence-corrected chi connectivity index (χ1v) is 32.2. The molecular formula is C84H34F12N12. The van der Waals surface area contributed by atoms with E-state index in [0.717, 1.165) is 0 Å². The molecule has 0 saturated carbocycles. The van der Waals surface area contributed by atoms with Crippen LogP contribution >= 0.6 is 0 Å². The van der Waals surface area contributed by atoms with E-state index in [2.05, 4.69) is 48.6 Å². The van der Waals surface area contributed by atoms with Crippen LogP contribution in [0, 0.1) is 90.6 Å². The van der Waals surface area contributed by atoms with E-state index >= 15 is 0 Å². The van der Waals surface area contributed by atoms with Crippen LogP contribution in [0.1, 0.15) is 66.8 Å². The van der Waals surface area contributed by atoms with E-state index in [1.165, 1.54) is 94.1 Å². The number of nitrogens with zero attached hydrogens (tertiary/aromatic N) is 12. The molecule has 12 nitrogen and oxygen atoms in total. The van der Waals surface area contributed by atoms with Gasteiger partial charge in [0.25, 0.3) is 0 Å². The van der Waals surface area contributed by atoms with Gasteiger partial charge in [0.2, 0.25) is 0 Å². The summed E-state index contributed by atoms with van der Waals surface area (Å²) in [6.07, 6.45) is -21.2. The summed E-state index contributed by atoms with van der Waals surface area (Å²) in [7, 11) is 0. The molecule has 0 N–H and O–H groups in total. The maximum absolute atomic E-state index is 14.9. The number of fused-ring (bicyclic) bond motifs is 12. The number of para-hydroxylation sites is 1. The van der Waals surface area contributed by atoms with Gasteiger partial charge in [-0.15, -0.1) is 0 Å². The lowest BCUT2D eigenvalue weighted by atomic mass is 9.95. The molecule has 0 saturated heterocycles. The average Bonchev–Trinajstić information content (AvgIpc) is 1.55. The molecule has 0 fully saturated rings. The molecule has 0 unspecified atom stereocenters. The number of rotatable bonds is 7. The number of nitriles is 8. The molecule has 12 aromatic carbocycles. The van der Waals surface area contributed by atoms with E-state index < -0.39 is 58.1 Å². The summed E-state index contributed by atoms with van der Waals surface area (Å²) in [6.45, 7) is 0. The second-order valence-electron chi connectivity index (χ2n) is 25.4. The van der Waals surface area contributed by atoms with Crippen molar-refractivity contribution in [3.63, 3.8) is 0 Å². The molecule has 4 heterocycles. The molecule has 16 rings (SSSR count). The Morgan fingerprint density at radius 2 is 0.519 bits per heavy atom.